The average Bonchev–Trinajstić information content (AvgIpc) is 2.35. The van der Waals surface area contributed by atoms with Crippen LogP contribution in [0, 0.1) is 5.92 Å². The molecule has 0 radical (unpaired) electrons. The molecule has 0 aliphatic carbocycles. The van der Waals surface area contributed by atoms with E-state index in [0.29, 0.717) is 0 Å². The van der Waals surface area contributed by atoms with E-state index in [1.165, 1.54) is 32.1 Å². The van der Waals surface area contributed by atoms with Crippen molar-refractivity contribution in [2.24, 2.45) is 5.92 Å². The standard InChI is InChI=1S/C6H14.C5H12.2C2H6/c1-4-6(3)5-2;1-3-5-4-2;2*1-2/h6H,4-5H2,1-3H3;3-5H2,1-2H3;2*1-2H3. The SMILES string of the molecule is CC.CC.CCC(C)CC.CCCCC. The molecule has 0 saturated carbocycles. The zero-order chi connectivity index (χ0) is 13.1. The normalized spacial score (nSPS) is 7.60. The highest BCUT2D eigenvalue weighted by Gasteiger charge is 1.88. The molecule has 0 atom stereocenters. The van der Waals surface area contributed by atoms with E-state index < -0.39 is 0 Å². The van der Waals surface area contributed by atoms with Crippen molar-refractivity contribution in [3.05, 3.63) is 0 Å². The van der Waals surface area contributed by atoms with Crippen molar-refractivity contribution in [2.45, 2.75) is 94.4 Å². The van der Waals surface area contributed by atoms with Crippen molar-refractivity contribution >= 4 is 0 Å². The molecule has 0 aromatic heterocycles. The van der Waals surface area contributed by atoms with Gasteiger partial charge in [0.25, 0.3) is 0 Å². The molecule has 0 amide bonds. The number of unbranched alkanes of at least 4 members (excludes halogenated alkanes) is 2. The van der Waals surface area contributed by atoms with Crippen LogP contribution in [0.5, 0.6) is 0 Å². The molecule has 0 aromatic rings. The Bertz CT molecular complexity index is 42.0. The van der Waals surface area contributed by atoms with Gasteiger partial charge in [0.05, 0.1) is 0 Å². The molecule has 0 heterocycles. The quantitative estimate of drug-likeness (QED) is 0.493. The van der Waals surface area contributed by atoms with E-state index in [4.69, 9.17) is 0 Å². The van der Waals surface area contributed by atoms with E-state index in [2.05, 4.69) is 34.6 Å². The van der Waals surface area contributed by atoms with Gasteiger partial charge in [-0.25, -0.2) is 0 Å². The minimum Gasteiger partial charge on any atom is -0.0683 e. The van der Waals surface area contributed by atoms with E-state index in [1.54, 1.807) is 0 Å². The second-order valence-electron chi connectivity index (χ2n) is 3.28. The summed E-state index contributed by atoms with van der Waals surface area (Å²) in [5.41, 5.74) is 0. The van der Waals surface area contributed by atoms with Crippen LogP contribution < -0.4 is 0 Å². The second-order valence-corrected chi connectivity index (χ2v) is 3.28. The lowest BCUT2D eigenvalue weighted by Gasteiger charge is -1.98. The average molecular weight is 218 g/mol. The van der Waals surface area contributed by atoms with Crippen molar-refractivity contribution < 1.29 is 0 Å². The van der Waals surface area contributed by atoms with Crippen LogP contribution in [-0.2, 0) is 0 Å². The molecule has 0 heteroatoms. The predicted octanol–water partition coefficient (Wildman–Crippen LogP) is 6.69. The lowest BCUT2D eigenvalue weighted by molar-refractivity contribution is 0.544. The lowest BCUT2D eigenvalue weighted by Crippen LogP contribution is -1.85. The van der Waals surface area contributed by atoms with E-state index >= 15 is 0 Å². The first kappa shape index (κ1) is 24.3. The first-order valence-corrected chi connectivity index (χ1v) is 7.22. The van der Waals surface area contributed by atoms with Gasteiger partial charge in [0.1, 0.15) is 0 Å². The molecule has 0 spiro atoms. The number of rotatable bonds is 4. The maximum atomic E-state index is 2.28. The molecule has 0 bridgehead atoms. The van der Waals surface area contributed by atoms with Crippen LogP contribution in [0.3, 0.4) is 0 Å². The second kappa shape index (κ2) is 37.0. The zero-order valence-electron chi connectivity index (χ0n) is 13.1. The summed E-state index contributed by atoms with van der Waals surface area (Å²) < 4.78 is 0. The van der Waals surface area contributed by atoms with Crippen molar-refractivity contribution in [3.63, 3.8) is 0 Å². The molecule has 0 unspecified atom stereocenters. The molecule has 0 nitrogen and oxygen atoms in total. The third-order valence-electron chi connectivity index (χ3n) is 2.10. The molecule has 0 aliphatic heterocycles. The van der Waals surface area contributed by atoms with E-state index in [0.717, 1.165) is 5.92 Å². The Morgan fingerprint density at radius 1 is 0.667 bits per heavy atom. The van der Waals surface area contributed by atoms with Crippen LogP contribution in [0.2, 0.25) is 0 Å². The summed E-state index contributed by atoms with van der Waals surface area (Å²) in [7, 11) is 0. The third-order valence-corrected chi connectivity index (χ3v) is 2.10. The van der Waals surface area contributed by atoms with Gasteiger partial charge >= 0.3 is 0 Å². The Labute approximate surface area is 101 Å². The van der Waals surface area contributed by atoms with Gasteiger partial charge in [0, 0.05) is 0 Å². The van der Waals surface area contributed by atoms with Gasteiger partial charge in [0.15, 0.2) is 0 Å². The Balaban J connectivity index is -0.0000000610. The number of hydrogen-bond donors (Lipinski definition) is 0. The van der Waals surface area contributed by atoms with Gasteiger partial charge in [-0.15, -0.1) is 0 Å². The van der Waals surface area contributed by atoms with Crippen LogP contribution in [0.4, 0.5) is 0 Å². The minimum absolute atomic E-state index is 0.935. The fourth-order valence-electron chi connectivity index (χ4n) is 0.642. The topological polar surface area (TPSA) is 0 Å². The summed E-state index contributed by atoms with van der Waals surface area (Å²) >= 11 is 0. The van der Waals surface area contributed by atoms with Crippen molar-refractivity contribution in [3.8, 4) is 0 Å². The maximum absolute atomic E-state index is 2.28. The molecule has 15 heavy (non-hydrogen) atoms. The minimum atomic E-state index is 0.935. The van der Waals surface area contributed by atoms with E-state index in [-0.39, 0.29) is 0 Å². The highest BCUT2D eigenvalue weighted by Crippen LogP contribution is 2.02. The van der Waals surface area contributed by atoms with Gasteiger partial charge in [-0.1, -0.05) is 94.4 Å². The number of hydrogen-bond acceptors (Lipinski definition) is 0. The van der Waals surface area contributed by atoms with Gasteiger partial charge in [-0.2, -0.15) is 0 Å². The highest BCUT2D eigenvalue weighted by atomic mass is 13.9. The molecule has 0 aliphatic rings. The molecule has 0 aromatic carbocycles. The van der Waals surface area contributed by atoms with Crippen LogP contribution in [0.15, 0.2) is 0 Å². The Morgan fingerprint density at radius 2 is 0.933 bits per heavy atom. The summed E-state index contributed by atoms with van der Waals surface area (Å²) in [6.07, 6.45) is 6.74. The monoisotopic (exact) mass is 218 g/mol. The largest absolute Gasteiger partial charge is 0.0683 e. The fourth-order valence-corrected chi connectivity index (χ4v) is 0.642. The molecule has 0 saturated heterocycles. The van der Waals surface area contributed by atoms with Gasteiger partial charge in [-0.3, -0.25) is 0 Å². The van der Waals surface area contributed by atoms with Crippen LogP contribution in [0.1, 0.15) is 94.4 Å². The van der Waals surface area contributed by atoms with Gasteiger partial charge < -0.3 is 0 Å². The Kier molecular flexibility index (Phi) is 59.9. The Hall–Kier alpha value is 0. The summed E-state index contributed by atoms with van der Waals surface area (Å²) in [6, 6.07) is 0. The molecular weight excluding hydrogens is 180 g/mol. The highest BCUT2D eigenvalue weighted by molar-refractivity contribution is 4.41. The molecule has 98 valence electrons. The van der Waals surface area contributed by atoms with E-state index in [9.17, 15) is 0 Å². The van der Waals surface area contributed by atoms with Gasteiger partial charge in [-0.05, 0) is 5.92 Å². The van der Waals surface area contributed by atoms with Crippen molar-refractivity contribution in [2.75, 3.05) is 0 Å². The zero-order valence-corrected chi connectivity index (χ0v) is 13.1. The fraction of sp³-hybridized carbons (Fsp3) is 1.00. The van der Waals surface area contributed by atoms with Crippen LogP contribution in [0.25, 0.3) is 0 Å². The summed E-state index contributed by atoms with van der Waals surface area (Å²) in [6.45, 7) is 19.2. The summed E-state index contributed by atoms with van der Waals surface area (Å²) in [5.74, 6) is 0.935. The third kappa shape index (κ3) is 56.0. The summed E-state index contributed by atoms with van der Waals surface area (Å²) in [5, 5.41) is 0. The molecule has 0 fully saturated rings. The lowest BCUT2D eigenvalue weighted by atomic mass is 10.1. The first-order valence-electron chi connectivity index (χ1n) is 7.22. The molecular formula is C15H38. The van der Waals surface area contributed by atoms with Crippen molar-refractivity contribution in [1.82, 2.24) is 0 Å². The molecule has 0 rings (SSSR count). The smallest absolute Gasteiger partial charge is 0.0448 e. The Morgan fingerprint density at radius 3 is 0.933 bits per heavy atom. The van der Waals surface area contributed by atoms with Crippen LogP contribution in [-0.4, -0.2) is 0 Å². The predicted molar refractivity (Wildman–Crippen MR) is 77.6 cm³/mol. The first-order chi connectivity index (χ1) is 7.22. The van der Waals surface area contributed by atoms with Crippen LogP contribution >= 0.6 is 0 Å². The van der Waals surface area contributed by atoms with Gasteiger partial charge in [0.2, 0.25) is 0 Å². The van der Waals surface area contributed by atoms with Crippen molar-refractivity contribution in [1.29, 1.82) is 0 Å². The molecule has 0 N–H and O–H groups in total. The maximum Gasteiger partial charge on any atom is -0.0448 e. The summed E-state index contributed by atoms with van der Waals surface area (Å²) in [4.78, 5) is 0. The van der Waals surface area contributed by atoms with E-state index in [1.807, 2.05) is 27.7 Å².